The number of piperidine rings is 1. The predicted molar refractivity (Wildman–Crippen MR) is 86.7 cm³/mol. The summed E-state index contributed by atoms with van der Waals surface area (Å²) >= 11 is 0. The molecule has 2 rings (SSSR count). The molecule has 0 aliphatic carbocycles. The molecular weight excluding hydrogens is 289 g/mol. The third-order valence-electron chi connectivity index (χ3n) is 4.25. The van der Waals surface area contributed by atoms with E-state index in [-0.39, 0.29) is 24.0 Å². The van der Waals surface area contributed by atoms with Crippen LogP contribution in [0.4, 0.5) is 4.39 Å². The summed E-state index contributed by atoms with van der Waals surface area (Å²) in [5.41, 5.74) is 1.09. The molecule has 2 nitrogen and oxygen atoms in total. The van der Waals surface area contributed by atoms with Crippen molar-refractivity contribution in [3.8, 4) is 0 Å². The van der Waals surface area contributed by atoms with Crippen molar-refractivity contribution in [1.82, 2.24) is 4.90 Å². The number of benzene rings is 1. The molecule has 1 aromatic carbocycles. The molecule has 0 bridgehead atoms. The molecule has 0 unspecified atom stereocenters. The van der Waals surface area contributed by atoms with E-state index in [1.54, 1.807) is 12.1 Å². The van der Waals surface area contributed by atoms with Gasteiger partial charge in [0.1, 0.15) is 5.82 Å². The van der Waals surface area contributed by atoms with Crippen molar-refractivity contribution in [1.29, 1.82) is 0 Å². The fourth-order valence-corrected chi connectivity index (χ4v) is 2.63. The first-order valence-corrected chi connectivity index (χ1v) is 7.47. The number of carbonyl (C=O) groups excluding carboxylic acids is 1. The van der Waals surface area contributed by atoms with E-state index in [0.29, 0.717) is 17.4 Å². The topological polar surface area (TPSA) is 20.3 Å². The second-order valence-corrected chi connectivity index (χ2v) is 6.54. The Labute approximate surface area is 133 Å². The molecule has 0 aromatic heterocycles. The monoisotopic (exact) mass is 313 g/mol. The number of ketones is 1. The lowest BCUT2D eigenvalue weighted by atomic mass is 9.82. The molecule has 0 radical (unpaired) electrons. The standard InChI is InChI=1S/C17H24FNO.ClH/c1-17(2)9-12-19(13-10-17)11-3-4-16(20)14-5-7-15(18)8-6-14;/h5-8H,3-4,9-13H2,1-2H3;1H. The first-order chi connectivity index (χ1) is 9.46. The van der Waals surface area contributed by atoms with Gasteiger partial charge < -0.3 is 4.90 Å². The molecule has 1 heterocycles. The predicted octanol–water partition coefficient (Wildman–Crippen LogP) is 4.33. The highest BCUT2D eigenvalue weighted by atomic mass is 35.5. The Bertz CT molecular complexity index is 448. The van der Waals surface area contributed by atoms with Crippen LogP contribution in [0.2, 0.25) is 0 Å². The number of Topliss-reactive ketones (excluding diaryl/α,β-unsaturated/α-hetero) is 1. The van der Waals surface area contributed by atoms with Gasteiger partial charge in [-0.25, -0.2) is 4.39 Å². The van der Waals surface area contributed by atoms with Gasteiger partial charge in [-0.1, -0.05) is 13.8 Å². The highest BCUT2D eigenvalue weighted by Gasteiger charge is 2.24. The van der Waals surface area contributed by atoms with E-state index in [2.05, 4.69) is 18.7 Å². The van der Waals surface area contributed by atoms with Gasteiger partial charge in [0.2, 0.25) is 0 Å². The summed E-state index contributed by atoms with van der Waals surface area (Å²) in [6.45, 7) is 7.91. The molecule has 0 atom stereocenters. The summed E-state index contributed by atoms with van der Waals surface area (Å²) in [5, 5.41) is 0. The lowest BCUT2D eigenvalue weighted by Crippen LogP contribution is -2.37. The second kappa shape index (κ2) is 7.90. The molecule has 1 aliphatic heterocycles. The Balaban J connectivity index is 0.00000220. The third kappa shape index (κ3) is 5.76. The molecule has 1 saturated heterocycles. The highest BCUT2D eigenvalue weighted by Crippen LogP contribution is 2.29. The SMILES string of the molecule is CC1(C)CCN(CCCC(=O)c2ccc(F)cc2)CC1.Cl. The van der Waals surface area contributed by atoms with Crippen LogP contribution in [0.5, 0.6) is 0 Å². The minimum absolute atomic E-state index is 0. The van der Waals surface area contributed by atoms with Crippen LogP contribution in [-0.2, 0) is 0 Å². The van der Waals surface area contributed by atoms with E-state index in [9.17, 15) is 9.18 Å². The smallest absolute Gasteiger partial charge is 0.162 e. The third-order valence-corrected chi connectivity index (χ3v) is 4.25. The minimum Gasteiger partial charge on any atom is -0.303 e. The fraction of sp³-hybridized carbons (Fsp3) is 0.588. The van der Waals surface area contributed by atoms with Crippen LogP contribution >= 0.6 is 12.4 Å². The first-order valence-electron chi connectivity index (χ1n) is 7.47. The van der Waals surface area contributed by atoms with Gasteiger partial charge in [0.25, 0.3) is 0 Å². The Morgan fingerprint density at radius 1 is 1.19 bits per heavy atom. The van der Waals surface area contributed by atoms with E-state index in [1.165, 1.54) is 25.0 Å². The molecule has 21 heavy (non-hydrogen) atoms. The maximum atomic E-state index is 12.8. The van der Waals surface area contributed by atoms with Gasteiger partial charge in [0.15, 0.2) is 5.78 Å². The normalized spacial score (nSPS) is 18.0. The highest BCUT2D eigenvalue weighted by molar-refractivity contribution is 5.95. The van der Waals surface area contributed by atoms with Crippen LogP contribution in [0.3, 0.4) is 0 Å². The average Bonchev–Trinajstić information content (AvgIpc) is 2.41. The zero-order valence-electron chi connectivity index (χ0n) is 12.9. The van der Waals surface area contributed by atoms with E-state index in [1.807, 2.05) is 0 Å². The van der Waals surface area contributed by atoms with Gasteiger partial charge in [0.05, 0.1) is 0 Å². The van der Waals surface area contributed by atoms with Gasteiger partial charge >= 0.3 is 0 Å². The minimum atomic E-state index is -0.294. The first kappa shape index (κ1) is 18.1. The Morgan fingerprint density at radius 3 is 2.33 bits per heavy atom. The fourth-order valence-electron chi connectivity index (χ4n) is 2.63. The van der Waals surface area contributed by atoms with Crippen molar-refractivity contribution in [3.05, 3.63) is 35.6 Å². The summed E-state index contributed by atoms with van der Waals surface area (Å²) in [7, 11) is 0. The number of likely N-dealkylation sites (tertiary alicyclic amines) is 1. The summed E-state index contributed by atoms with van der Waals surface area (Å²) in [6, 6.07) is 5.84. The lowest BCUT2D eigenvalue weighted by Gasteiger charge is -2.36. The summed E-state index contributed by atoms with van der Waals surface area (Å²) in [5.74, 6) is -0.181. The maximum absolute atomic E-state index is 12.8. The maximum Gasteiger partial charge on any atom is 0.162 e. The number of hydrogen-bond acceptors (Lipinski definition) is 2. The molecular formula is C17H25ClFNO. The summed E-state index contributed by atoms with van der Waals surface area (Å²) < 4.78 is 12.8. The van der Waals surface area contributed by atoms with Gasteiger partial charge in [-0.05, 0) is 68.6 Å². The Morgan fingerprint density at radius 2 is 1.76 bits per heavy atom. The zero-order chi connectivity index (χ0) is 14.6. The summed E-state index contributed by atoms with van der Waals surface area (Å²) in [4.78, 5) is 14.4. The average molecular weight is 314 g/mol. The van der Waals surface area contributed by atoms with E-state index in [4.69, 9.17) is 0 Å². The molecule has 1 fully saturated rings. The molecule has 1 aromatic rings. The van der Waals surface area contributed by atoms with Crippen molar-refractivity contribution >= 4 is 18.2 Å². The van der Waals surface area contributed by atoms with Gasteiger partial charge in [0, 0.05) is 12.0 Å². The lowest BCUT2D eigenvalue weighted by molar-refractivity contribution is 0.0959. The molecule has 0 spiro atoms. The molecule has 0 N–H and O–H groups in total. The molecule has 0 amide bonds. The number of halogens is 2. The van der Waals surface area contributed by atoms with Crippen molar-refractivity contribution in [2.24, 2.45) is 5.41 Å². The van der Waals surface area contributed by atoms with E-state index in [0.717, 1.165) is 26.1 Å². The van der Waals surface area contributed by atoms with Crippen molar-refractivity contribution < 1.29 is 9.18 Å². The largest absolute Gasteiger partial charge is 0.303 e. The van der Waals surface area contributed by atoms with E-state index >= 15 is 0 Å². The number of nitrogens with zero attached hydrogens (tertiary/aromatic N) is 1. The van der Waals surface area contributed by atoms with Crippen LogP contribution in [0.1, 0.15) is 49.9 Å². The number of hydrogen-bond donors (Lipinski definition) is 0. The van der Waals surface area contributed by atoms with Crippen LogP contribution in [0, 0.1) is 11.2 Å². The summed E-state index contributed by atoms with van der Waals surface area (Å²) in [6.07, 6.45) is 3.90. The second-order valence-electron chi connectivity index (χ2n) is 6.54. The quantitative estimate of drug-likeness (QED) is 0.754. The van der Waals surface area contributed by atoms with Gasteiger partial charge in [-0.3, -0.25) is 4.79 Å². The van der Waals surface area contributed by atoms with Crippen LogP contribution in [0.15, 0.2) is 24.3 Å². The van der Waals surface area contributed by atoms with Crippen LogP contribution in [-0.4, -0.2) is 30.3 Å². The van der Waals surface area contributed by atoms with Crippen LogP contribution < -0.4 is 0 Å². The molecule has 1 aliphatic rings. The Hall–Kier alpha value is -0.930. The van der Waals surface area contributed by atoms with Crippen molar-refractivity contribution in [2.75, 3.05) is 19.6 Å². The van der Waals surface area contributed by atoms with Gasteiger partial charge in [-0.2, -0.15) is 0 Å². The number of carbonyl (C=O) groups is 1. The molecule has 118 valence electrons. The van der Waals surface area contributed by atoms with E-state index < -0.39 is 0 Å². The zero-order valence-corrected chi connectivity index (χ0v) is 13.7. The molecule has 0 saturated carbocycles. The number of rotatable bonds is 5. The van der Waals surface area contributed by atoms with Gasteiger partial charge in [-0.15, -0.1) is 12.4 Å². The van der Waals surface area contributed by atoms with Crippen molar-refractivity contribution in [3.63, 3.8) is 0 Å². The Kier molecular flexibility index (Phi) is 6.82. The molecule has 4 heteroatoms. The van der Waals surface area contributed by atoms with Crippen LogP contribution in [0.25, 0.3) is 0 Å². The van der Waals surface area contributed by atoms with Crippen molar-refractivity contribution in [2.45, 2.75) is 39.5 Å².